The number of hydrogen-bond acceptors (Lipinski definition) is 4. The number of thiocarbonyl (C=S) groups is 1. The molecule has 8 heteroatoms. The lowest BCUT2D eigenvalue weighted by Gasteiger charge is -2.28. The summed E-state index contributed by atoms with van der Waals surface area (Å²) in [7, 11) is 0. The van der Waals surface area contributed by atoms with Crippen molar-refractivity contribution in [3.63, 3.8) is 0 Å². The molecule has 2 atom stereocenters. The lowest BCUT2D eigenvalue weighted by Crippen LogP contribution is -2.32. The highest BCUT2D eigenvalue weighted by atomic mass is 32.1. The maximum absolute atomic E-state index is 12.8. The van der Waals surface area contributed by atoms with E-state index in [2.05, 4.69) is 45.0 Å². The first-order chi connectivity index (χ1) is 17.9. The van der Waals surface area contributed by atoms with E-state index >= 15 is 0 Å². The molecule has 4 heterocycles. The molecule has 2 N–H and O–H groups in total. The quantitative estimate of drug-likeness (QED) is 0.305. The SMILES string of the molecule is Cc1ccc(NC(=O)CCN2C(=S)N[C@@H](c3ccccn3)[C@H]2c2cc(C)n(Cc3ccco3)c2C)cc1. The molecule has 0 saturated carbocycles. The van der Waals surface area contributed by atoms with Gasteiger partial charge in [-0.15, -0.1) is 0 Å². The van der Waals surface area contributed by atoms with Gasteiger partial charge in [-0.25, -0.2) is 0 Å². The van der Waals surface area contributed by atoms with Crippen LogP contribution in [0.2, 0.25) is 0 Å². The van der Waals surface area contributed by atoms with Crippen molar-refractivity contribution in [1.29, 1.82) is 0 Å². The number of pyridine rings is 1. The fourth-order valence-electron chi connectivity index (χ4n) is 5.00. The minimum atomic E-state index is -0.133. The molecule has 1 aliphatic rings. The van der Waals surface area contributed by atoms with Gasteiger partial charge >= 0.3 is 0 Å². The van der Waals surface area contributed by atoms with Gasteiger partial charge < -0.3 is 24.5 Å². The summed E-state index contributed by atoms with van der Waals surface area (Å²) in [6, 6.07) is 19.6. The molecule has 1 amide bonds. The minimum Gasteiger partial charge on any atom is -0.467 e. The molecule has 0 unspecified atom stereocenters. The molecular weight excluding hydrogens is 482 g/mol. The summed E-state index contributed by atoms with van der Waals surface area (Å²) in [6.45, 7) is 7.40. The van der Waals surface area contributed by atoms with Crippen LogP contribution < -0.4 is 10.6 Å². The van der Waals surface area contributed by atoms with Gasteiger partial charge in [0.2, 0.25) is 5.91 Å². The third-order valence-corrected chi connectivity index (χ3v) is 7.29. The monoisotopic (exact) mass is 513 g/mol. The van der Waals surface area contributed by atoms with Crippen LogP contribution in [0.4, 0.5) is 5.69 Å². The van der Waals surface area contributed by atoms with E-state index in [1.165, 1.54) is 0 Å². The Bertz CT molecular complexity index is 1380. The number of nitrogens with zero attached hydrogens (tertiary/aromatic N) is 3. The minimum absolute atomic E-state index is 0.0463. The molecule has 0 radical (unpaired) electrons. The number of anilines is 1. The van der Waals surface area contributed by atoms with Gasteiger partial charge in [-0.1, -0.05) is 23.8 Å². The molecule has 3 aromatic heterocycles. The van der Waals surface area contributed by atoms with Crippen molar-refractivity contribution in [2.45, 2.75) is 45.8 Å². The van der Waals surface area contributed by atoms with Crippen LogP contribution in [0.1, 0.15) is 52.5 Å². The average Bonchev–Trinajstić information content (AvgIpc) is 3.60. The van der Waals surface area contributed by atoms with Gasteiger partial charge in [0, 0.05) is 36.2 Å². The number of hydrogen-bond donors (Lipinski definition) is 2. The third-order valence-electron chi connectivity index (χ3n) is 6.94. The van der Waals surface area contributed by atoms with E-state index in [1.54, 1.807) is 12.5 Å². The Morgan fingerprint density at radius 2 is 1.92 bits per heavy atom. The predicted octanol–water partition coefficient (Wildman–Crippen LogP) is 5.45. The fraction of sp³-hybridized carbons (Fsp3) is 0.276. The average molecular weight is 514 g/mol. The molecule has 1 fully saturated rings. The van der Waals surface area contributed by atoms with Gasteiger partial charge in [0.05, 0.1) is 30.6 Å². The summed E-state index contributed by atoms with van der Waals surface area (Å²) in [4.78, 5) is 19.6. The largest absolute Gasteiger partial charge is 0.467 e. The first kappa shape index (κ1) is 24.8. The van der Waals surface area contributed by atoms with Crippen LogP contribution in [0, 0.1) is 20.8 Å². The Balaban J connectivity index is 1.42. The Kier molecular flexibility index (Phi) is 7.10. The van der Waals surface area contributed by atoms with E-state index in [9.17, 15) is 4.79 Å². The van der Waals surface area contributed by atoms with E-state index in [1.807, 2.05) is 61.5 Å². The summed E-state index contributed by atoms with van der Waals surface area (Å²) in [5.41, 5.74) is 6.30. The number of furan rings is 1. The highest BCUT2D eigenvalue weighted by molar-refractivity contribution is 7.80. The molecule has 7 nitrogen and oxygen atoms in total. The highest BCUT2D eigenvalue weighted by Crippen LogP contribution is 2.41. The standard InChI is InChI=1S/C29H31N5O2S/c1-19-9-11-22(12-10-19)31-26(35)13-15-33-28(27(32-29(33)37)25-8-4-5-14-30-25)24-17-20(2)34(21(24)3)18-23-7-6-16-36-23/h4-12,14,16-17,27-28H,13,15,18H2,1-3H3,(H,31,35)(H,32,37)/t27-,28+/m0/s1. The number of rotatable bonds is 8. The van der Waals surface area contributed by atoms with E-state index in [0.29, 0.717) is 24.6 Å². The van der Waals surface area contributed by atoms with Crippen LogP contribution in [-0.2, 0) is 11.3 Å². The van der Waals surface area contributed by atoms with Crippen molar-refractivity contribution < 1.29 is 9.21 Å². The fourth-order valence-corrected chi connectivity index (χ4v) is 5.33. The van der Waals surface area contributed by atoms with Gasteiger partial charge in [0.25, 0.3) is 0 Å². The van der Waals surface area contributed by atoms with Crippen LogP contribution in [0.3, 0.4) is 0 Å². The lowest BCUT2D eigenvalue weighted by molar-refractivity contribution is -0.116. The number of carbonyl (C=O) groups is 1. The second-order valence-electron chi connectivity index (χ2n) is 9.48. The second kappa shape index (κ2) is 10.6. The Labute approximate surface area is 222 Å². The number of aromatic nitrogens is 2. The van der Waals surface area contributed by atoms with Crippen LogP contribution >= 0.6 is 12.2 Å². The molecule has 0 aliphatic carbocycles. The molecular formula is C29H31N5O2S. The van der Waals surface area contributed by atoms with Crippen LogP contribution in [0.5, 0.6) is 0 Å². The first-order valence-corrected chi connectivity index (χ1v) is 12.8. The van der Waals surface area contributed by atoms with E-state index < -0.39 is 0 Å². The molecule has 190 valence electrons. The van der Waals surface area contributed by atoms with Gasteiger partial charge in [0.15, 0.2) is 5.11 Å². The molecule has 37 heavy (non-hydrogen) atoms. The van der Waals surface area contributed by atoms with Crippen molar-refractivity contribution in [3.05, 3.63) is 107 Å². The molecule has 4 aromatic rings. The van der Waals surface area contributed by atoms with Crippen molar-refractivity contribution in [2.75, 3.05) is 11.9 Å². The van der Waals surface area contributed by atoms with Crippen molar-refractivity contribution in [2.24, 2.45) is 0 Å². The third kappa shape index (κ3) is 5.29. The topological polar surface area (TPSA) is 75.3 Å². The van der Waals surface area contributed by atoms with Gasteiger partial charge in [-0.05, 0) is 81.0 Å². The zero-order valence-electron chi connectivity index (χ0n) is 21.3. The lowest BCUT2D eigenvalue weighted by atomic mass is 9.96. The Morgan fingerprint density at radius 1 is 1.11 bits per heavy atom. The summed E-state index contributed by atoms with van der Waals surface area (Å²) in [5.74, 6) is 0.856. The number of aryl methyl sites for hydroxylation is 2. The number of amides is 1. The number of nitrogens with one attached hydrogen (secondary N) is 2. The van der Waals surface area contributed by atoms with E-state index in [4.69, 9.17) is 16.6 Å². The maximum atomic E-state index is 12.8. The summed E-state index contributed by atoms with van der Waals surface area (Å²) >= 11 is 5.80. The Morgan fingerprint density at radius 3 is 2.62 bits per heavy atom. The van der Waals surface area contributed by atoms with Crippen molar-refractivity contribution in [1.82, 2.24) is 19.8 Å². The zero-order valence-corrected chi connectivity index (χ0v) is 22.1. The Hall–Kier alpha value is -3.91. The second-order valence-corrected chi connectivity index (χ2v) is 9.86. The van der Waals surface area contributed by atoms with Crippen LogP contribution in [0.25, 0.3) is 0 Å². The van der Waals surface area contributed by atoms with E-state index in [0.717, 1.165) is 39.7 Å². The van der Waals surface area contributed by atoms with Crippen LogP contribution in [0.15, 0.2) is 77.5 Å². The normalized spacial score (nSPS) is 17.2. The summed E-state index contributed by atoms with van der Waals surface area (Å²) < 4.78 is 7.87. The van der Waals surface area contributed by atoms with Crippen molar-refractivity contribution >= 4 is 28.9 Å². The molecule has 1 aromatic carbocycles. The van der Waals surface area contributed by atoms with Gasteiger partial charge in [0.1, 0.15) is 5.76 Å². The maximum Gasteiger partial charge on any atom is 0.226 e. The van der Waals surface area contributed by atoms with Gasteiger partial charge in [-0.3, -0.25) is 9.78 Å². The van der Waals surface area contributed by atoms with Crippen molar-refractivity contribution in [3.8, 4) is 0 Å². The smallest absolute Gasteiger partial charge is 0.226 e. The molecule has 5 rings (SSSR count). The van der Waals surface area contributed by atoms with Gasteiger partial charge in [-0.2, -0.15) is 0 Å². The zero-order chi connectivity index (χ0) is 25.9. The number of carbonyl (C=O) groups excluding carboxylic acids is 1. The summed E-state index contributed by atoms with van der Waals surface area (Å²) in [6.07, 6.45) is 3.81. The molecule has 1 saturated heterocycles. The predicted molar refractivity (Wildman–Crippen MR) is 148 cm³/mol. The van der Waals surface area contributed by atoms with Crippen LogP contribution in [-0.4, -0.2) is 32.0 Å². The first-order valence-electron chi connectivity index (χ1n) is 12.4. The molecule has 0 bridgehead atoms. The molecule has 0 spiro atoms. The highest BCUT2D eigenvalue weighted by Gasteiger charge is 2.41. The summed E-state index contributed by atoms with van der Waals surface area (Å²) in [5, 5.41) is 7.11. The molecule has 1 aliphatic heterocycles. The van der Waals surface area contributed by atoms with E-state index in [-0.39, 0.29) is 18.0 Å². The number of benzene rings is 1.